The van der Waals surface area contributed by atoms with E-state index in [1.54, 1.807) is 0 Å². The van der Waals surface area contributed by atoms with Crippen LogP contribution in [0.3, 0.4) is 0 Å². The van der Waals surface area contributed by atoms with Crippen LogP contribution in [0.4, 0.5) is 0 Å². The summed E-state index contributed by atoms with van der Waals surface area (Å²) in [4.78, 5) is 13.0. The maximum absolute atomic E-state index is 10.6. The van der Waals surface area contributed by atoms with Crippen molar-refractivity contribution in [2.75, 3.05) is 19.7 Å². The van der Waals surface area contributed by atoms with Gasteiger partial charge in [-0.15, -0.1) is 0 Å². The van der Waals surface area contributed by atoms with Crippen LogP contribution < -0.4 is 4.74 Å². The van der Waals surface area contributed by atoms with Crippen LogP contribution in [-0.2, 0) is 11.3 Å². The molecule has 0 spiro atoms. The highest BCUT2D eigenvalue weighted by Crippen LogP contribution is 2.38. The molecule has 0 aromatic heterocycles. The van der Waals surface area contributed by atoms with Crippen molar-refractivity contribution in [3.05, 3.63) is 29.8 Å². The fourth-order valence-corrected chi connectivity index (χ4v) is 3.65. The lowest BCUT2D eigenvalue weighted by Gasteiger charge is -2.19. The smallest absolute Gasteiger partial charge is 0.341 e. The number of benzene rings is 1. The van der Waals surface area contributed by atoms with Gasteiger partial charge in [0.05, 0.1) is 6.10 Å². The van der Waals surface area contributed by atoms with Crippen LogP contribution in [-0.4, -0.2) is 46.9 Å². The highest BCUT2D eigenvalue weighted by atomic mass is 16.5. The molecule has 2 fully saturated rings. The Morgan fingerprint density at radius 2 is 1.90 bits per heavy atom. The largest absolute Gasteiger partial charge is 0.482 e. The molecule has 1 aliphatic carbocycles. The molecule has 1 saturated heterocycles. The van der Waals surface area contributed by atoms with Gasteiger partial charge in [0.2, 0.25) is 0 Å². The molecule has 1 aliphatic heterocycles. The second-order valence-electron chi connectivity index (χ2n) is 6.13. The molecular formula is C16H21NO4. The van der Waals surface area contributed by atoms with E-state index in [2.05, 4.69) is 4.90 Å². The second-order valence-corrected chi connectivity index (χ2v) is 6.13. The number of ether oxygens (including phenoxy) is 1. The average molecular weight is 291 g/mol. The summed E-state index contributed by atoms with van der Waals surface area (Å²) < 4.78 is 5.35. The molecule has 114 valence electrons. The normalized spacial score (nSPS) is 28.5. The summed E-state index contributed by atoms with van der Waals surface area (Å²) in [5, 5.41) is 18.4. The number of carbonyl (C=O) groups is 1. The molecule has 2 aliphatic rings. The molecule has 0 amide bonds. The van der Waals surface area contributed by atoms with Crippen molar-refractivity contribution in [1.82, 2.24) is 4.90 Å². The number of rotatable bonds is 5. The van der Waals surface area contributed by atoms with Crippen LogP contribution in [0, 0.1) is 11.8 Å². The number of aliphatic carboxylic acids is 1. The van der Waals surface area contributed by atoms with Gasteiger partial charge >= 0.3 is 5.97 Å². The lowest BCUT2D eigenvalue weighted by atomic mass is 10.0. The minimum absolute atomic E-state index is 0.117. The molecule has 1 heterocycles. The third-order valence-corrected chi connectivity index (χ3v) is 4.52. The number of fused-ring (bicyclic) bond motifs is 1. The quantitative estimate of drug-likeness (QED) is 0.857. The molecule has 0 bridgehead atoms. The third-order valence-electron chi connectivity index (χ3n) is 4.52. The Bertz CT molecular complexity index is 505. The Labute approximate surface area is 124 Å². The van der Waals surface area contributed by atoms with E-state index in [4.69, 9.17) is 9.84 Å². The van der Waals surface area contributed by atoms with Crippen LogP contribution in [0.2, 0.25) is 0 Å². The Kier molecular flexibility index (Phi) is 4.12. The lowest BCUT2D eigenvalue weighted by molar-refractivity contribution is -0.139. The standard InChI is InChI=1S/C16H21NO4/c18-14-5-12-8-17(9-13(12)6-14)7-11-3-1-2-4-15(11)21-10-16(19)20/h1-4,12-14,18H,5-10H2,(H,19,20)/t12-,13+,14?. The SMILES string of the molecule is O=C(O)COc1ccccc1CN1C[C@H]2CC(O)C[C@H]2C1. The third kappa shape index (κ3) is 3.36. The predicted octanol–water partition coefficient (Wildman–Crippen LogP) is 1.35. The van der Waals surface area contributed by atoms with E-state index in [0.717, 1.165) is 38.0 Å². The lowest BCUT2D eigenvalue weighted by Crippen LogP contribution is -2.23. The minimum Gasteiger partial charge on any atom is -0.482 e. The van der Waals surface area contributed by atoms with Crippen molar-refractivity contribution in [1.29, 1.82) is 0 Å². The highest BCUT2D eigenvalue weighted by molar-refractivity contribution is 5.68. The molecular weight excluding hydrogens is 270 g/mol. The van der Waals surface area contributed by atoms with E-state index in [9.17, 15) is 9.90 Å². The molecule has 21 heavy (non-hydrogen) atoms. The van der Waals surface area contributed by atoms with Gasteiger partial charge in [0.15, 0.2) is 6.61 Å². The summed E-state index contributed by atoms with van der Waals surface area (Å²) in [6, 6.07) is 7.61. The minimum atomic E-state index is -0.963. The first-order valence-corrected chi connectivity index (χ1v) is 7.44. The maximum Gasteiger partial charge on any atom is 0.341 e. The van der Waals surface area contributed by atoms with Gasteiger partial charge in [-0.3, -0.25) is 4.90 Å². The van der Waals surface area contributed by atoms with E-state index < -0.39 is 5.97 Å². The van der Waals surface area contributed by atoms with Crippen molar-refractivity contribution in [3.8, 4) is 5.75 Å². The summed E-state index contributed by atoms with van der Waals surface area (Å²) in [5.41, 5.74) is 1.03. The summed E-state index contributed by atoms with van der Waals surface area (Å²) in [6.07, 6.45) is 1.71. The van der Waals surface area contributed by atoms with Crippen molar-refractivity contribution >= 4 is 5.97 Å². The molecule has 3 rings (SSSR count). The van der Waals surface area contributed by atoms with Gasteiger partial charge in [-0.1, -0.05) is 18.2 Å². The van der Waals surface area contributed by atoms with Crippen LogP contribution in [0.15, 0.2) is 24.3 Å². The van der Waals surface area contributed by atoms with Gasteiger partial charge in [0.1, 0.15) is 5.75 Å². The van der Waals surface area contributed by atoms with Gasteiger partial charge in [-0.2, -0.15) is 0 Å². The summed E-state index contributed by atoms with van der Waals surface area (Å²) in [6.45, 7) is 2.48. The molecule has 1 unspecified atom stereocenters. The van der Waals surface area contributed by atoms with E-state index in [-0.39, 0.29) is 12.7 Å². The Morgan fingerprint density at radius 1 is 1.24 bits per heavy atom. The number of aliphatic hydroxyl groups excluding tert-OH is 1. The van der Waals surface area contributed by atoms with E-state index in [1.165, 1.54) is 0 Å². The van der Waals surface area contributed by atoms with E-state index >= 15 is 0 Å². The molecule has 1 saturated carbocycles. The second kappa shape index (κ2) is 6.03. The summed E-state index contributed by atoms with van der Waals surface area (Å²) >= 11 is 0. The summed E-state index contributed by atoms with van der Waals surface area (Å²) in [7, 11) is 0. The average Bonchev–Trinajstić information content (AvgIpc) is 2.94. The number of likely N-dealkylation sites (tertiary alicyclic amines) is 1. The zero-order valence-electron chi connectivity index (χ0n) is 11.9. The molecule has 0 radical (unpaired) electrons. The fraction of sp³-hybridized carbons (Fsp3) is 0.562. The number of nitrogens with zero attached hydrogens (tertiary/aromatic N) is 1. The Hall–Kier alpha value is -1.59. The number of hydrogen-bond acceptors (Lipinski definition) is 4. The zero-order chi connectivity index (χ0) is 14.8. The Balaban J connectivity index is 1.62. The molecule has 1 aromatic carbocycles. The molecule has 2 N–H and O–H groups in total. The maximum atomic E-state index is 10.6. The van der Waals surface area contributed by atoms with Crippen LogP contribution in [0.5, 0.6) is 5.75 Å². The summed E-state index contributed by atoms with van der Waals surface area (Å²) in [5.74, 6) is 0.894. The van der Waals surface area contributed by atoms with Gasteiger partial charge in [-0.05, 0) is 30.7 Å². The highest BCUT2D eigenvalue weighted by Gasteiger charge is 2.40. The molecule has 1 aromatic rings. The number of aliphatic hydroxyl groups is 1. The monoisotopic (exact) mass is 291 g/mol. The number of carboxylic acid groups (broad SMARTS) is 1. The zero-order valence-corrected chi connectivity index (χ0v) is 11.9. The fourth-order valence-electron chi connectivity index (χ4n) is 3.65. The number of carboxylic acids is 1. The molecule has 5 heteroatoms. The van der Waals surface area contributed by atoms with Crippen LogP contribution >= 0.6 is 0 Å². The number of hydrogen-bond donors (Lipinski definition) is 2. The topological polar surface area (TPSA) is 70.0 Å². The first-order valence-electron chi connectivity index (χ1n) is 7.44. The van der Waals surface area contributed by atoms with Crippen molar-refractivity contribution < 1.29 is 19.7 Å². The van der Waals surface area contributed by atoms with Gasteiger partial charge in [0, 0.05) is 25.2 Å². The van der Waals surface area contributed by atoms with Gasteiger partial charge < -0.3 is 14.9 Å². The number of para-hydroxylation sites is 1. The molecule has 3 atom stereocenters. The van der Waals surface area contributed by atoms with E-state index in [0.29, 0.717) is 17.6 Å². The van der Waals surface area contributed by atoms with E-state index in [1.807, 2.05) is 24.3 Å². The Morgan fingerprint density at radius 3 is 2.57 bits per heavy atom. The molecule has 5 nitrogen and oxygen atoms in total. The van der Waals surface area contributed by atoms with Crippen LogP contribution in [0.25, 0.3) is 0 Å². The van der Waals surface area contributed by atoms with Gasteiger partial charge in [-0.25, -0.2) is 4.79 Å². The van der Waals surface area contributed by atoms with Crippen LogP contribution in [0.1, 0.15) is 18.4 Å². The first kappa shape index (κ1) is 14.4. The van der Waals surface area contributed by atoms with Crippen molar-refractivity contribution in [2.24, 2.45) is 11.8 Å². The van der Waals surface area contributed by atoms with Gasteiger partial charge in [0.25, 0.3) is 0 Å². The first-order chi connectivity index (χ1) is 10.1. The van der Waals surface area contributed by atoms with Crippen molar-refractivity contribution in [3.63, 3.8) is 0 Å². The predicted molar refractivity (Wildman–Crippen MR) is 77.1 cm³/mol. The van der Waals surface area contributed by atoms with Crippen molar-refractivity contribution in [2.45, 2.75) is 25.5 Å².